The van der Waals surface area contributed by atoms with Crippen LogP contribution in [0.15, 0.2) is 10.7 Å². The quantitative estimate of drug-likeness (QED) is 0.868. The third-order valence-corrected chi connectivity index (χ3v) is 5.17. The zero-order chi connectivity index (χ0) is 15.7. The lowest BCUT2D eigenvalue weighted by Crippen LogP contribution is -2.30. The number of amides is 1. The van der Waals surface area contributed by atoms with Gasteiger partial charge in [-0.1, -0.05) is 6.92 Å². The van der Waals surface area contributed by atoms with E-state index in [0.29, 0.717) is 24.7 Å². The number of thiazole rings is 1. The summed E-state index contributed by atoms with van der Waals surface area (Å²) in [7, 11) is 0. The Balaban J connectivity index is 1.74. The monoisotopic (exact) mass is 319 g/mol. The molecule has 5 nitrogen and oxygen atoms in total. The molecule has 2 aromatic rings. The van der Waals surface area contributed by atoms with Gasteiger partial charge in [-0.3, -0.25) is 4.79 Å². The van der Waals surface area contributed by atoms with Gasteiger partial charge in [0.1, 0.15) is 11.3 Å². The van der Waals surface area contributed by atoms with Gasteiger partial charge in [-0.15, -0.1) is 11.3 Å². The van der Waals surface area contributed by atoms with Crippen LogP contribution in [-0.4, -0.2) is 27.3 Å². The molecule has 0 saturated carbocycles. The summed E-state index contributed by atoms with van der Waals surface area (Å²) in [5.41, 5.74) is 1.60. The predicted molar refractivity (Wildman–Crippen MR) is 85.0 cm³/mol. The van der Waals surface area contributed by atoms with Crippen molar-refractivity contribution in [3.63, 3.8) is 0 Å². The number of oxazole rings is 1. The topological polar surface area (TPSA) is 59.2 Å². The van der Waals surface area contributed by atoms with Crippen LogP contribution in [0.2, 0.25) is 0 Å². The molecule has 0 fully saturated rings. The van der Waals surface area contributed by atoms with E-state index in [4.69, 9.17) is 9.40 Å². The van der Waals surface area contributed by atoms with Gasteiger partial charge in [0.05, 0.1) is 12.2 Å². The minimum Gasteiger partial charge on any atom is -0.448 e. The van der Waals surface area contributed by atoms with Gasteiger partial charge in [-0.2, -0.15) is 0 Å². The number of hydrogen-bond acceptors (Lipinski definition) is 5. The normalized spacial score (nSPS) is 17.3. The number of rotatable bonds is 4. The van der Waals surface area contributed by atoms with Crippen LogP contribution >= 0.6 is 11.3 Å². The van der Waals surface area contributed by atoms with E-state index in [1.807, 2.05) is 6.92 Å². The highest BCUT2D eigenvalue weighted by Gasteiger charge is 2.23. The van der Waals surface area contributed by atoms with Gasteiger partial charge < -0.3 is 9.32 Å². The molecule has 2 aromatic heterocycles. The highest BCUT2D eigenvalue weighted by Crippen LogP contribution is 2.30. The van der Waals surface area contributed by atoms with Crippen LogP contribution in [0, 0.1) is 12.8 Å². The number of aryl methyl sites for hydroxylation is 2. The summed E-state index contributed by atoms with van der Waals surface area (Å²) in [5, 5.41) is 1.02. The summed E-state index contributed by atoms with van der Waals surface area (Å²) in [6.07, 6.45) is 4.82. The minimum absolute atomic E-state index is 0.0964. The Morgan fingerprint density at radius 1 is 1.50 bits per heavy atom. The molecule has 0 aliphatic heterocycles. The Bertz CT molecular complexity index is 677. The van der Waals surface area contributed by atoms with Crippen LogP contribution in [0.3, 0.4) is 0 Å². The van der Waals surface area contributed by atoms with Crippen molar-refractivity contribution in [1.82, 2.24) is 14.9 Å². The van der Waals surface area contributed by atoms with E-state index >= 15 is 0 Å². The molecule has 0 saturated heterocycles. The Kier molecular flexibility index (Phi) is 4.29. The number of carbonyl (C=O) groups is 1. The average molecular weight is 319 g/mol. The fourth-order valence-electron chi connectivity index (χ4n) is 2.78. The second-order valence-electron chi connectivity index (χ2n) is 5.90. The molecule has 6 heteroatoms. The van der Waals surface area contributed by atoms with Gasteiger partial charge in [0, 0.05) is 18.3 Å². The van der Waals surface area contributed by atoms with Crippen molar-refractivity contribution in [2.24, 2.45) is 5.92 Å². The van der Waals surface area contributed by atoms with Crippen LogP contribution in [0.1, 0.15) is 52.2 Å². The molecule has 2 heterocycles. The third-order valence-electron chi connectivity index (χ3n) is 4.06. The Morgan fingerprint density at radius 2 is 2.32 bits per heavy atom. The molecule has 0 spiro atoms. The lowest BCUT2D eigenvalue weighted by Gasteiger charge is -2.17. The molecular formula is C16H21N3O2S. The molecular weight excluding hydrogens is 298 g/mol. The molecule has 0 aromatic carbocycles. The van der Waals surface area contributed by atoms with E-state index in [0.717, 1.165) is 23.8 Å². The van der Waals surface area contributed by atoms with Crippen molar-refractivity contribution in [1.29, 1.82) is 0 Å². The molecule has 1 atom stereocenters. The van der Waals surface area contributed by atoms with Crippen molar-refractivity contribution in [3.8, 4) is 0 Å². The van der Waals surface area contributed by atoms with Crippen LogP contribution in [0.25, 0.3) is 0 Å². The largest absolute Gasteiger partial charge is 0.448 e. The molecule has 1 aliphatic carbocycles. The first kappa shape index (κ1) is 15.2. The van der Waals surface area contributed by atoms with Crippen LogP contribution in [0.5, 0.6) is 0 Å². The molecule has 118 valence electrons. The Hall–Kier alpha value is -1.69. The van der Waals surface area contributed by atoms with Gasteiger partial charge in [0.15, 0.2) is 11.6 Å². The second kappa shape index (κ2) is 6.20. The van der Waals surface area contributed by atoms with Gasteiger partial charge in [0.25, 0.3) is 5.91 Å². The first-order chi connectivity index (χ1) is 10.6. The van der Waals surface area contributed by atoms with E-state index in [-0.39, 0.29) is 5.91 Å². The average Bonchev–Trinajstić information content (AvgIpc) is 3.09. The highest BCUT2D eigenvalue weighted by molar-refractivity contribution is 7.11. The van der Waals surface area contributed by atoms with Crippen LogP contribution < -0.4 is 0 Å². The third kappa shape index (κ3) is 3.06. The zero-order valence-corrected chi connectivity index (χ0v) is 14.1. The van der Waals surface area contributed by atoms with Gasteiger partial charge in [0.2, 0.25) is 0 Å². The SMILES string of the molecule is CCN(Cc1nc2c(s1)CC(C)CC2)C(=O)c1coc(C)n1. The van der Waals surface area contributed by atoms with Gasteiger partial charge in [-0.25, -0.2) is 9.97 Å². The van der Waals surface area contributed by atoms with E-state index in [1.165, 1.54) is 23.3 Å². The molecule has 0 bridgehead atoms. The maximum Gasteiger partial charge on any atom is 0.276 e. The Morgan fingerprint density at radius 3 is 3.00 bits per heavy atom. The summed E-state index contributed by atoms with van der Waals surface area (Å²) < 4.78 is 5.14. The summed E-state index contributed by atoms with van der Waals surface area (Å²) >= 11 is 1.75. The van der Waals surface area contributed by atoms with E-state index < -0.39 is 0 Å². The fourth-order valence-corrected chi connectivity index (χ4v) is 4.07. The lowest BCUT2D eigenvalue weighted by molar-refractivity contribution is 0.0746. The van der Waals surface area contributed by atoms with Crippen molar-refractivity contribution in [2.75, 3.05) is 6.54 Å². The molecule has 0 N–H and O–H groups in total. The minimum atomic E-state index is -0.0964. The van der Waals surface area contributed by atoms with E-state index in [2.05, 4.69) is 11.9 Å². The molecule has 1 amide bonds. The van der Waals surface area contributed by atoms with Crippen molar-refractivity contribution < 1.29 is 9.21 Å². The fraction of sp³-hybridized carbons (Fsp3) is 0.562. The molecule has 3 rings (SSSR count). The first-order valence-corrected chi connectivity index (χ1v) is 8.57. The second-order valence-corrected chi connectivity index (χ2v) is 7.06. The summed E-state index contributed by atoms with van der Waals surface area (Å²) in [6, 6.07) is 0. The Labute approximate surface area is 134 Å². The molecule has 1 unspecified atom stereocenters. The van der Waals surface area contributed by atoms with Gasteiger partial charge in [-0.05, 0) is 32.1 Å². The molecule has 1 aliphatic rings. The molecule has 22 heavy (non-hydrogen) atoms. The summed E-state index contributed by atoms with van der Waals surface area (Å²) in [4.78, 5) is 24.5. The standard InChI is InChI=1S/C16H21N3O2S/c1-4-19(16(20)13-9-21-11(3)17-13)8-15-18-12-6-5-10(2)7-14(12)22-15/h9-10H,4-8H2,1-3H3. The summed E-state index contributed by atoms with van der Waals surface area (Å²) in [6.45, 7) is 7.18. The summed E-state index contributed by atoms with van der Waals surface area (Å²) in [5.74, 6) is 1.15. The van der Waals surface area contributed by atoms with Crippen LogP contribution in [0.4, 0.5) is 0 Å². The van der Waals surface area contributed by atoms with Crippen molar-refractivity contribution in [2.45, 2.75) is 46.6 Å². The maximum atomic E-state index is 12.5. The van der Waals surface area contributed by atoms with Crippen LogP contribution in [-0.2, 0) is 19.4 Å². The van der Waals surface area contributed by atoms with Crippen molar-refractivity contribution >= 4 is 17.2 Å². The zero-order valence-electron chi connectivity index (χ0n) is 13.3. The number of carbonyl (C=O) groups excluding carboxylic acids is 1. The lowest BCUT2D eigenvalue weighted by atomic mass is 9.93. The number of fused-ring (bicyclic) bond motifs is 1. The highest BCUT2D eigenvalue weighted by atomic mass is 32.1. The first-order valence-electron chi connectivity index (χ1n) is 7.75. The van der Waals surface area contributed by atoms with E-state index in [1.54, 1.807) is 23.2 Å². The maximum absolute atomic E-state index is 12.5. The smallest absolute Gasteiger partial charge is 0.276 e. The predicted octanol–water partition coefficient (Wildman–Crippen LogP) is 3.23. The van der Waals surface area contributed by atoms with E-state index in [9.17, 15) is 4.79 Å². The van der Waals surface area contributed by atoms with Crippen molar-refractivity contribution in [3.05, 3.63) is 33.4 Å². The number of hydrogen-bond donors (Lipinski definition) is 0. The van der Waals surface area contributed by atoms with Gasteiger partial charge >= 0.3 is 0 Å². The number of aromatic nitrogens is 2. The number of nitrogens with zero attached hydrogens (tertiary/aromatic N) is 3. The molecule has 0 radical (unpaired) electrons.